The molecule has 0 aliphatic heterocycles. The molecule has 0 bridgehead atoms. The second kappa shape index (κ2) is 6.68. The van der Waals surface area contributed by atoms with Gasteiger partial charge in [-0.2, -0.15) is 0 Å². The van der Waals surface area contributed by atoms with Crippen molar-refractivity contribution in [1.82, 2.24) is 5.32 Å². The molecule has 0 saturated heterocycles. The van der Waals surface area contributed by atoms with Crippen molar-refractivity contribution in [2.45, 2.75) is 46.8 Å². The Morgan fingerprint density at radius 2 is 1.74 bits per heavy atom. The van der Waals surface area contributed by atoms with Gasteiger partial charge in [-0.25, -0.2) is 0 Å². The summed E-state index contributed by atoms with van der Waals surface area (Å²) in [7, 11) is 0. The first-order valence-corrected chi connectivity index (χ1v) is 6.49. The van der Waals surface area contributed by atoms with Gasteiger partial charge in [0.1, 0.15) is 0 Å². The number of aliphatic carboxylic acids is 1. The highest BCUT2D eigenvalue weighted by Crippen LogP contribution is 2.21. The van der Waals surface area contributed by atoms with Gasteiger partial charge in [0.2, 0.25) is 0 Å². The predicted molar refractivity (Wildman–Crippen MR) is 75.4 cm³/mol. The molecule has 0 saturated carbocycles. The molecule has 106 valence electrons. The lowest BCUT2D eigenvalue weighted by molar-refractivity contribution is -0.139. The molecule has 0 aliphatic rings. The number of aliphatic hydroxyl groups is 1. The van der Waals surface area contributed by atoms with E-state index in [1.54, 1.807) is 0 Å². The molecule has 1 atom stereocenters. The van der Waals surface area contributed by atoms with Crippen molar-refractivity contribution in [2.75, 3.05) is 6.54 Å². The molecule has 4 heteroatoms. The van der Waals surface area contributed by atoms with Crippen molar-refractivity contribution < 1.29 is 15.0 Å². The van der Waals surface area contributed by atoms with Crippen LogP contribution in [-0.2, 0) is 11.3 Å². The van der Waals surface area contributed by atoms with E-state index < -0.39 is 12.1 Å². The maximum Gasteiger partial charge on any atom is 0.306 e. The molecule has 3 N–H and O–H groups in total. The first-order chi connectivity index (χ1) is 8.82. The highest BCUT2D eigenvalue weighted by atomic mass is 16.4. The third-order valence-corrected chi connectivity index (χ3v) is 3.61. The topological polar surface area (TPSA) is 69.6 Å². The van der Waals surface area contributed by atoms with Crippen LogP contribution in [0.3, 0.4) is 0 Å². The van der Waals surface area contributed by atoms with Crippen molar-refractivity contribution in [1.29, 1.82) is 0 Å². The number of carbonyl (C=O) groups is 1. The summed E-state index contributed by atoms with van der Waals surface area (Å²) in [5, 5.41) is 21.2. The standard InChI is InChI=1S/C15H23NO3/c1-9-5-10(2)12(4)14(11(9)3)8-16-7-13(17)6-15(18)19/h5,13,16-17H,6-8H2,1-4H3,(H,18,19). The van der Waals surface area contributed by atoms with Gasteiger partial charge in [0.05, 0.1) is 12.5 Å². The smallest absolute Gasteiger partial charge is 0.306 e. The molecule has 1 aromatic carbocycles. The third kappa shape index (κ3) is 4.33. The summed E-state index contributed by atoms with van der Waals surface area (Å²) in [6, 6.07) is 2.17. The van der Waals surface area contributed by atoms with E-state index in [1.165, 1.54) is 27.8 Å². The predicted octanol–water partition coefficient (Wildman–Crippen LogP) is 1.85. The molecule has 0 aromatic heterocycles. The molecule has 4 nitrogen and oxygen atoms in total. The molecule has 19 heavy (non-hydrogen) atoms. The van der Waals surface area contributed by atoms with Gasteiger partial charge in [-0.1, -0.05) is 6.07 Å². The van der Waals surface area contributed by atoms with Gasteiger partial charge in [-0.05, 0) is 55.5 Å². The number of nitrogens with one attached hydrogen (secondary N) is 1. The Kier molecular flexibility index (Phi) is 5.51. The third-order valence-electron chi connectivity index (χ3n) is 3.61. The van der Waals surface area contributed by atoms with Crippen LogP contribution >= 0.6 is 0 Å². The summed E-state index contributed by atoms with van der Waals surface area (Å²) in [5.74, 6) is -0.979. The zero-order chi connectivity index (χ0) is 14.6. The molecule has 0 spiro atoms. The van der Waals surface area contributed by atoms with E-state index in [0.29, 0.717) is 6.54 Å². The number of aliphatic hydroxyl groups excluding tert-OH is 1. The van der Waals surface area contributed by atoms with Crippen molar-refractivity contribution >= 4 is 5.97 Å². The molecule has 1 rings (SSSR count). The van der Waals surface area contributed by atoms with Crippen LogP contribution in [0.5, 0.6) is 0 Å². The average Bonchev–Trinajstić information content (AvgIpc) is 2.30. The number of benzene rings is 1. The summed E-state index contributed by atoms with van der Waals surface area (Å²) in [5.41, 5.74) is 6.25. The monoisotopic (exact) mass is 265 g/mol. The Morgan fingerprint density at radius 1 is 1.21 bits per heavy atom. The number of rotatable bonds is 6. The largest absolute Gasteiger partial charge is 0.481 e. The highest BCUT2D eigenvalue weighted by Gasteiger charge is 2.11. The number of aryl methyl sites for hydroxylation is 2. The Balaban J connectivity index is 2.66. The van der Waals surface area contributed by atoms with Gasteiger partial charge in [-0.3, -0.25) is 4.79 Å². The molecular weight excluding hydrogens is 242 g/mol. The van der Waals surface area contributed by atoms with Crippen LogP contribution in [0.4, 0.5) is 0 Å². The molecular formula is C15H23NO3. The second-order valence-electron chi connectivity index (χ2n) is 5.12. The van der Waals surface area contributed by atoms with E-state index in [0.717, 1.165) is 0 Å². The molecule has 0 amide bonds. The van der Waals surface area contributed by atoms with Crippen LogP contribution in [0.1, 0.15) is 34.2 Å². The molecule has 0 aliphatic carbocycles. The van der Waals surface area contributed by atoms with Gasteiger partial charge in [0.25, 0.3) is 0 Å². The van der Waals surface area contributed by atoms with Crippen molar-refractivity contribution in [3.63, 3.8) is 0 Å². The Morgan fingerprint density at radius 3 is 2.21 bits per heavy atom. The van der Waals surface area contributed by atoms with E-state index in [1.807, 2.05) is 0 Å². The van der Waals surface area contributed by atoms with Crippen LogP contribution in [0.15, 0.2) is 6.07 Å². The minimum atomic E-state index is -0.979. The van der Waals surface area contributed by atoms with Gasteiger partial charge >= 0.3 is 5.97 Å². The van der Waals surface area contributed by atoms with Crippen LogP contribution in [0.2, 0.25) is 0 Å². The van der Waals surface area contributed by atoms with Gasteiger partial charge in [0.15, 0.2) is 0 Å². The summed E-state index contributed by atoms with van der Waals surface area (Å²) in [6.45, 7) is 9.29. The fourth-order valence-corrected chi connectivity index (χ4v) is 2.20. The maximum atomic E-state index is 10.5. The first kappa shape index (κ1) is 15.7. The lowest BCUT2D eigenvalue weighted by Gasteiger charge is -2.17. The van der Waals surface area contributed by atoms with Gasteiger partial charge in [-0.15, -0.1) is 0 Å². The Bertz CT molecular complexity index is 443. The van der Waals surface area contributed by atoms with Crippen molar-refractivity contribution in [3.8, 4) is 0 Å². The second-order valence-corrected chi connectivity index (χ2v) is 5.12. The molecule has 1 unspecified atom stereocenters. The maximum absolute atomic E-state index is 10.5. The average molecular weight is 265 g/mol. The summed E-state index contributed by atoms with van der Waals surface area (Å²) in [4.78, 5) is 10.5. The van der Waals surface area contributed by atoms with E-state index >= 15 is 0 Å². The molecule has 0 radical (unpaired) electrons. The zero-order valence-electron chi connectivity index (χ0n) is 12.1. The Labute approximate surface area is 114 Å². The normalized spacial score (nSPS) is 12.5. The fourth-order valence-electron chi connectivity index (χ4n) is 2.20. The summed E-state index contributed by atoms with van der Waals surface area (Å²) in [6.07, 6.45) is -1.07. The quantitative estimate of drug-likeness (QED) is 0.734. The van der Waals surface area contributed by atoms with Crippen LogP contribution in [0, 0.1) is 27.7 Å². The lowest BCUT2D eigenvalue weighted by atomic mass is 9.94. The van der Waals surface area contributed by atoms with Crippen LogP contribution in [-0.4, -0.2) is 28.8 Å². The molecule has 1 aromatic rings. The highest BCUT2D eigenvalue weighted by molar-refractivity contribution is 5.67. The van der Waals surface area contributed by atoms with Gasteiger partial charge in [0, 0.05) is 13.1 Å². The summed E-state index contributed by atoms with van der Waals surface area (Å²) >= 11 is 0. The van der Waals surface area contributed by atoms with Crippen LogP contribution < -0.4 is 5.32 Å². The number of carboxylic acids is 1. The first-order valence-electron chi connectivity index (χ1n) is 6.49. The van der Waals surface area contributed by atoms with Crippen molar-refractivity contribution in [3.05, 3.63) is 33.9 Å². The number of hydrogen-bond acceptors (Lipinski definition) is 3. The van der Waals surface area contributed by atoms with Crippen molar-refractivity contribution in [2.24, 2.45) is 0 Å². The SMILES string of the molecule is Cc1cc(C)c(C)c(CNCC(O)CC(=O)O)c1C. The zero-order valence-corrected chi connectivity index (χ0v) is 12.1. The van der Waals surface area contributed by atoms with E-state index in [2.05, 4.69) is 39.1 Å². The van der Waals surface area contributed by atoms with E-state index in [9.17, 15) is 9.90 Å². The van der Waals surface area contributed by atoms with Crippen LogP contribution in [0.25, 0.3) is 0 Å². The lowest BCUT2D eigenvalue weighted by Crippen LogP contribution is -2.29. The minimum absolute atomic E-state index is 0.224. The van der Waals surface area contributed by atoms with E-state index in [4.69, 9.17) is 5.11 Å². The fraction of sp³-hybridized carbons (Fsp3) is 0.533. The number of carboxylic acid groups (broad SMARTS) is 1. The summed E-state index contributed by atoms with van der Waals surface area (Å²) < 4.78 is 0. The Hall–Kier alpha value is -1.39. The van der Waals surface area contributed by atoms with Gasteiger partial charge < -0.3 is 15.5 Å². The minimum Gasteiger partial charge on any atom is -0.481 e. The molecule has 0 heterocycles. The molecule has 0 fully saturated rings. The van der Waals surface area contributed by atoms with E-state index in [-0.39, 0.29) is 13.0 Å². The number of hydrogen-bond donors (Lipinski definition) is 3.